The van der Waals surface area contributed by atoms with Gasteiger partial charge in [-0.2, -0.15) is 0 Å². The van der Waals surface area contributed by atoms with E-state index in [0.29, 0.717) is 8.17 Å². The van der Waals surface area contributed by atoms with Crippen molar-refractivity contribution in [2.75, 3.05) is 0 Å². The fraction of sp³-hybridized carbons (Fsp3) is 0. The molecule has 12 heavy (non-hydrogen) atoms. The Morgan fingerprint density at radius 1 is 1.58 bits per heavy atom. The van der Waals surface area contributed by atoms with Gasteiger partial charge in [-0.05, 0) is 44.6 Å². The van der Waals surface area contributed by atoms with Gasteiger partial charge in [-0.25, -0.2) is 13.4 Å². The Bertz CT molecular complexity index is 408. The number of nitrogens with zero attached hydrogens (tertiary/aromatic N) is 1. The molecule has 0 aliphatic carbocycles. The molecule has 0 spiro atoms. The summed E-state index contributed by atoms with van der Waals surface area (Å²) < 4.78 is 22.8. The third-order valence-corrected chi connectivity index (χ3v) is 3.91. The summed E-state index contributed by atoms with van der Waals surface area (Å²) in [5, 5.41) is 0. The zero-order chi connectivity index (χ0) is 9.35. The van der Waals surface area contributed by atoms with E-state index in [1.807, 2.05) is 22.6 Å². The average Bonchev–Trinajstić information content (AvgIpc) is 1.83. The molecule has 0 atom stereocenters. The maximum Gasteiger partial charge on any atom is 0.263 e. The van der Waals surface area contributed by atoms with Gasteiger partial charge in [-0.15, -0.1) is 0 Å². The molecule has 1 aromatic heterocycles. The molecule has 0 saturated carbocycles. The molecule has 0 saturated heterocycles. The standard InChI is InChI=1S/C5H2BrClINO2S/c6-3-1-5(8)9-2-4(3)12(7,10)11/h1-2H. The second-order valence-corrected chi connectivity index (χ2v) is 6.37. The SMILES string of the molecule is O=S(=O)(Cl)c1cnc(I)cc1Br. The Balaban J connectivity index is 3.39. The highest BCUT2D eigenvalue weighted by atomic mass is 127. The summed E-state index contributed by atoms with van der Waals surface area (Å²) in [5.41, 5.74) is 0. The highest BCUT2D eigenvalue weighted by Gasteiger charge is 2.14. The third-order valence-electron chi connectivity index (χ3n) is 1.05. The number of pyridine rings is 1. The molecule has 1 aromatic rings. The van der Waals surface area contributed by atoms with Gasteiger partial charge in [0.1, 0.15) is 8.60 Å². The molecule has 0 aliphatic rings. The van der Waals surface area contributed by atoms with Crippen molar-refractivity contribution in [2.24, 2.45) is 0 Å². The Hall–Kier alpha value is 0.600. The first kappa shape index (κ1) is 10.7. The molecule has 1 heterocycles. The Labute approximate surface area is 96.2 Å². The maximum atomic E-state index is 10.9. The Morgan fingerprint density at radius 2 is 2.17 bits per heavy atom. The van der Waals surface area contributed by atoms with Crippen molar-refractivity contribution in [3.8, 4) is 0 Å². The smallest absolute Gasteiger partial charge is 0.249 e. The van der Waals surface area contributed by atoms with Crippen molar-refractivity contribution in [2.45, 2.75) is 4.90 Å². The van der Waals surface area contributed by atoms with E-state index in [9.17, 15) is 8.42 Å². The number of halogens is 3. The monoisotopic (exact) mass is 381 g/mol. The molecule has 7 heteroatoms. The van der Waals surface area contributed by atoms with E-state index in [0.717, 1.165) is 0 Å². The first-order chi connectivity index (χ1) is 5.41. The summed E-state index contributed by atoms with van der Waals surface area (Å²) in [5.74, 6) is 0. The molecule has 0 fully saturated rings. The van der Waals surface area contributed by atoms with E-state index < -0.39 is 9.05 Å². The van der Waals surface area contributed by atoms with Crippen LogP contribution in [0.2, 0.25) is 0 Å². The van der Waals surface area contributed by atoms with Crippen molar-refractivity contribution < 1.29 is 8.42 Å². The molecule has 0 N–H and O–H groups in total. The maximum absolute atomic E-state index is 10.9. The van der Waals surface area contributed by atoms with E-state index in [2.05, 4.69) is 20.9 Å². The largest absolute Gasteiger partial charge is 0.263 e. The van der Waals surface area contributed by atoms with Crippen LogP contribution in [0, 0.1) is 3.70 Å². The molecule has 66 valence electrons. The van der Waals surface area contributed by atoms with Gasteiger partial charge in [0.2, 0.25) is 0 Å². The van der Waals surface area contributed by atoms with Gasteiger partial charge in [0.25, 0.3) is 9.05 Å². The van der Waals surface area contributed by atoms with Gasteiger partial charge in [0.05, 0.1) is 0 Å². The van der Waals surface area contributed by atoms with Crippen LogP contribution in [0.5, 0.6) is 0 Å². The number of hydrogen-bond donors (Lipinski definition) is 0. The fourth-order valence-corrected chi connectivity index (χ4v) is 3.53. The minimum atomic E-state index is -3.69. The highest BCUT2D eigenvalue weighted by Crippen LogP contribution is 2.24. The lowest BCUT2D eigenvalue weighted by Crippen LogP contribution is -1.94. The van der Waals surface area contributed by atoms with E-state index in [1.54, 1.807) is 6.07 Å². The zero-order valence-corrected chi connectivity index (χ0v) is 10.8. The summed E-state index contributed by atoms with van der Waals surface area (Å²) in [6, 6.07) is 1.58. The quantitative estimate of drug-likeness (QED) is 0.426. The molecule has 0 aromatic carbocycles. The Kier molecular flexibility index (Phi) is 3.35. The van der Waals surface area contributed by atoms with Crippen LogP contribution in [0.25, 0.3) is 0 Å². The normalized spacial score (nSPS) is 11.6. The van der Waals surface area contributed by atoms with E-state index in [1.165, 1.54) is 6.20 Å². The summed E-state index contributed by atoms with van der Waals surface area (Å²) in [7, 11) is 1.43. The van der Waals surface area contributed by atoms with E-state index in [-0.39, 0.29) is 4.90 Å². The van der Waals surface area contributed by atoms with Gasteiger partial charge in [0.15, 0.2) is 0 Å². The van der Waals surface area contributed by atoms with Crippen molar-refractivity contribution in [1.29, 1.82) is 0 Å². The lowest BCUT2D eigenvalue weighted by atomic mass is 10.5. The van der Waals surface area contributed by atoms with Crippen LogP contribution in [-0.4, -0.2) is 13.4 Å². The first-order valence-corrected chi connectivity index (χ1v) is 6.85. The minimum absolute atomic E-state index is 0.00965. The van der Waals surface area contributed by atoms with Crippen molar-refractivity contribution in [3.05, 3.63) is 20.4 Å². The van der Waals surface area contributed by atoms with Crippen LogP contribution >= 0.6 is 49.2 Å². The predicted octanol–water partition coefficient (Wildman–Crippen LogP) is 2.38. The van der Waals surface area contributed by atoms with Crippen molar-refractivity contribution >= 4 is 58.3 Å². The molecule has 1 rings (SSSR count). The summed E-state index contributed by atoms with van der Waals surface area (Å²) in [4.78, 5) is 3.79. The second-order valence-electron chi connectivity index (χ2n) is 1.88. The lowest BCUT2D eigenvalue weighted by Gasteiger charge is -1.98. The Morgan fingerprint density at radius 3 is 2.58 bits per heavy atom. The minimum Gasteiger partial charge on any atom is -0.249 e. The molecular weight excluding hydrogens is 380 g/mol. The van der Waals surface area contributed by atoms with Crippen LogP contribution < -0.4 is 0 Å². The first-order valence-electron chi connectivity index (χ1n) is 2.67. The van der Waals surface area contributed by atoms with Gasteiger partial charge in [-0.1, -0.05) is 0 Å². The summed E-state index contributed by atoms with van der Waals surface area (Å²) in [6.07, 6.45) is 1.22. The molecule has 0 amide bonds. The van der Waals surface area contributed by atoms with Crippen molar-refractivity contribution in [3.63, 3.8) is 0 Å². The van der Waals surface area contributed by atoms with E-state index in [4.69, 9.17) is 10.7 Å². The molecule has 0 bridgehead atoms. The number of rotatable bonds is 1. The van der Waals surface area contributed by atoms with Crippen LogP contribution in [0.3, 0.4) is 0 Å². The van der Waals surface area contributed by atoms with Gasteiger partial charge < -0.3 is 0 Å². The van der Waals surface area contributed by atoms with Gasteiger partial charge in [-0.3, -0.25) is 0 Å². The number of hydrogen-bond acceptors (Lipinski definition) is 3. The summed E-state index contributed by atoms with van der Waals surface area (Å²) >= 11 is 5.05. The second kappa shape index (κ2) is 3.77. The van der Waals surface area contributed by atoms with Gasteiger partial charge in [0, 0.05) is 21.4 Å². The summed E-state index contributed by atoms with van der Waals surface area (Å²) in [6.45, 7) is 0. The molecule has 0 unspecified atom stereocenters. The van der Waals surface area contributed by atoms with E-state index >= 15 is 0 Å². The highest BCUT2D eigenvalue weighted by molar-refractivity contribution is 14.1. The average molecular weight is 382 g/mol. The fourth-order valence-electron chi connectivity index (χ4n) is 0.574. The van der Waals surface area contributed by atoms with Crippen LogP contribution in [-0.2, 0) is 9.05 Å². The lowest BCUT2D eigenvalue weighted by molar-refractivity contribution is 0.608. The van der Waals surface area contributed by atoms with Crippen LogP contribution in [0.4, 0.5) is 0 Å². The van der Waals surface area contributed by atoms with Crippen LogP contribution in [0.1, 0.15) is 0 Å². The predicted molar refractivity (Wildman–Crippen MR) is 57.7 cm³/mol. The molecule has 0 radical (unpaired) electrons. The number of aromatic nitrogens is 1. The topological polar surface area (TPSA) is 47.0 Å². The van der Waals surface area contributed by atoms with Crippen molar-refractivity contribution in [1.82, 2.24) is 4.98 Å². The molecule has 0 aliphatic heterocycles. The zero-order valence-electron chi connectivity index (χ0n) is 5.46. The van der Waals surface area contributed by atoms with Gasteiger partial charge >= 0.3 is 0 Å². The third kappa shape index (κ3) is 2.54. The molecular formula is C5H2BrClINO2S. The molecule has 3 nitrogen and oxygen atoms in total. The van der Waals surface area contributed by atoms with Crippen LogP contribution in [0.15, 0.2) is 21.6 Å².